The molecule has 3 aliphatic rings. The van der Waals surface area contributed by atoms with Crippen LogP contribution in [0.4, 0.5) is 0 Å². The fraction of sp³-hybridized carbons (Fsp3) is 0.564. The molecule has 0 amide bonds. The number of hydrogen-bond acceptors (Lipinski definition) is 0. The van der Waals surface area contributed by atoms with Crippen LogP contribution in [0.1, 0.15) is 137 Å². The van der Waals surface area contributed by atoms with E-state index in [9.17, 15) is 0 Å². The number of fused-ring (bicyclic) bond motifs is 3. The van der Waals surface area contributed by atoms with Crippen LogP contribution in [0.3, 0.4) is 0 Å². The number of rotatable bonds is 1. The van der Waals surface area contributed by atoms with Crippen molar-refractivity contribution in [3.8, 4) is 11.1 Å². The van der Waals surface area contributed by atoms with Crippen molar-refractivity contribution < 1.29 is 24.2 Å². The molecule has 214 valence electrons. The van der Waals surface area contributed by atoms with Crippen molar-refractivity contribution >= 4 is 3.21 Å². The summed E-state index contributed by atoms with van der Waals surface area (Å²) in [7, 11) is 0. The molecule has 0 N–H and O–H groups in total. The monoisotopic (exact) mass is 612 g/mol. The third kappa shape index (κ3) is 8.84. The molecule has 0 saturated heterocycles. The van der Waals surface area contributed by atoms with E-state index in [2.05, 4.69) is 125 Å². The summed E-state index contributed by atoms with van der Waals surface area (Å²) in [5.74, 6) is 0.522. The van der Waals surface area contributed by atoms with E-state index < -0.39 is 0 Å². The minimum atomic E-state index is 0.167. The van der Waals surface area contributed by atoms with Crippen molar-refractivity contribution in [2.24, 2.45) is 11.3 Å². The number of hydrogen-bond donors (Lipinski definition) is 0. The molecule has 0 heterocycles. The van der Waals surface area contributed by atoms with Gasteiger partial charge in [-0.2, -0.15) is 35.4 Å². The Morgan fingerprint density at radius 1 is 0.800 bits per heavy atom. The molecule has 1 saturated carbocycles. The molecule has 0 spiro atoms. The van der Waals surface area contributed by atoms with Gasteiger partial charge >= 0.3 is 59.5 Å². The van der Waals surface area contributed by atoms with E-state index in [0.717, 1.165) is 12.8 Å². The third-order valence-corrected chi connectivity index (χ3v) is 9.46. The number of benzene rings is 2. The summed E-state index contributed by atoms with van der Waals surface area (Å²) in [6, 6.07) is 15.2. The van der Waals surface area contributed by atoms with Crippen molar-refractivity contribution in [2.75, 3.05) is 0 Å². The summed E-state index contributed by atoms with van der Waals surface area (Å²) in [4.78, 5) is 0. The fourth-order valence-electron chi connectivity index (χ4n) is 5.75. The van der Waals surface area contributed by atoms with Crippen LogP contribution >= 0.6 is 0 Å². The van der Waals surface area contributed by atoms with Gasteiger partial charge in [0.25, 0.3) is 0 Å². The summed E-state index contributed by atoms with van der Waals surface area (Å²) in [6.07, 6.45) is 15.3. The van der Waals surface area contributed by atoms with Crippen LogP contribution in [0.15, 0.2) is 47.6 Å². The molecule has 0 radical (unpaired) electrons. The van der Waals surface area contributed by atoms with Crippen molar-refractivity contribution in [3.05, 3.63) is 82.0 Å². The van der Waals surface area contributed by atoms with E-state index in [0.29, 0.717) is 11.3 Å². The van der Waals surface area contributed by atoms with Crippen LogP contribution in [0.25, 0.3) is 11.1 Å². The predicted octanol–water partition coefficient (Wildman–Crippen LogP) is 11.1. The van der Waals surface area contributed by atoms with Gasteiger partial charge in [0.1, 0.15) is 0 Å². The SMILES string of the molecule is CC(C)(C)c1[c-]c2c(cc1)-c1ccc(C(C)(C)C)cc1C2.CCC1=[C-]C(C)C=C1C(C)(C)C.[Zr+2]=[C]1CCCCC1. The van der Waals surface area contributed by atoms with Crippen LogP contribution in [-0.2, 0) is 41.5 Å². The molecule has 1 unspecified atom stereocenters. The van der Waals surface area contributed by atoms with E-state index in [1.54, 1.807) is 27.4 Å². The first kappa shape index (κ1) is 33.2. The molecule has 5 rings (SSSR count). The van der Waals surface area contributed by atoms with Crippen molar-refractivity contribution in [1.82, 2.24) is 0 Å². The van der Waals surface area contributed by atoms with E-state index in [4.69, 9.17) is 0 Å². The Morgan fingerprint density at radius 3 is 1.90 bits per heavy atom. The molecule has 2 aromatic rings. The zero-order chi connectivity index (χ0) is 29.9. The van der Waals surface area contributed by atoms with Gasteiger partial charge in [-0.05, 0) is 28.4 Å². The first-order valence-electron chi connectivity index (χ1n) is 15.6. The van der Waals surface area contributed by atoms with Crippen LogP contribution in [0.5, 0.6) is 0 Å². The maximum absolute atomic E-state index is 3.67. The van der Waals surface area contributed by atoms with Gasteiger partial charge in [0.05, 0.1) is 0 Å². The molecule has 2 aromatic carbocycles. The summed E-state index contributed by atoms with van der Waals surface area (Å²) in [5.41, 5.74) is 11.9. The molecule has 40 heavy (non-hydrogen) atoms. The molecule has 3 aliphatic carbocycles. The van der Waals surface area contributed by atoms with Crippen LogP contribution in [0, 0.1) is 23.5 Å². The molecule has 0 aliphatic heterocycles. The molecule has 1 fully saturated rings. The Kier molecular flexibility index (Phi) is 11.0. The molecular formula is C39H54Zr. The normalized spacial score (nSPS) is 18.5. The first-order chi connectivity index (χ1) is 18.5. The van der Waals surface area contributed by atoms with E-state index >= 15 is 0 Å². The number of allylic oxidation sites excluding steroid dienone is 4. The first-order valence-corrected chi connectivity index (χ1v) is 16.8. The molecule has 1 heteroatoms. The second-order valence-corrected chi connectivity index (χ2v) is 16.8. The van der Waals surface area contributed by atoms with E-state index in [1.807, 2.05) is 0 Å². The Labute approximate surface area is 262 Å². The van der Waals surface area contributed by atoms with Gasteiger partial charge in [0.2, 0.25) is 0 Å². The van der Waals surface area contributed by atoms with Gasteiger partial charge in [-0.3, -0.25) is 6.08 Å². The molecule has 0 bridgehead atoms. The Morgan fingerprint density at radius 2 is 1.43 bits per heavy atom. The Hall–Kier alpha value is -1.33. The van der Waals surface area contributed by atoms with Gasteiger partial charge < -0.3 is 0 Å². The van der Waals surface area contributed by atoms with Crippen LogP contribution < -0.4 is 0 Å². The Balaban J connectivity index is 0.000000194. The molecule has 0 aromatic heterocycles. The summed E-state index contributed by atoms with van der Waals surface area (Å²) < 4.78 is 1.80. The molecule has 1 atom stereocenters. The molecule has 0 nitrogen and oxygen atoms in total. The zero-order valence-electron chi connectivity index (χ0n) is 27.5. The zero-order valence-corrected chi connectivity index (χ0v) is 29.9. The van der Waals surface area contributed by atoms with Crippen LogP contribution in [0.2, 0.25) is 0 Å². The van der Waals surface area contributed by atoms with Gasteiger partial charge in [0, 0.05) is 0 Å². The second-order valence-electron chi connectivity index (χ2n) is 15.1. The molecular weight excluding hydrogens is 560 g/mol. The topological polar surface area (TPSA) is 0 Å². The van der Waals surface area contributed by atoms with E-state index in [1.165, 1.54) is 76.6 Å². The van der Waals surface area contributed by atoms with Crippen molar-refractivity contribution in [2.45, 2.75) is 132 Å². The summed E-state index contributed by atoms with van der Waals surface area (Å²) in [6.45, 7) is 24.8. The summed E-state index contributed by atoms with van der Waals surface area (Å²) in [5, 5.41) is 0. The van der Waals surface area contributed by atoms with Gasteiger partial charge in [-0.25, -0.2) is 5.57 Å². The van der Waals surface area contributed by atoms with E-state index in [-0.39, 0.29) is 10.8 Å². The average Bonchev–Trinajstić information content (AvgIpc) is 3.43. The third-order valence-electron chi connectivity index (χ3n) is 8.23. The van der Waals surface area contributed by atoms with Crippen LogP contribution in [-0.4, -0.2) is 3.21 Å². The maximum atomic E-state index is 3.67. The average molecular weight is 614 g/mol. The quantitative estimate of drug-likeness (QED) is 0.240. The van der Waals surface area contributed by atoms with Gasteiger partial charge in [-0.15, -0.1) is 11.1 Å². The standard InChI is InChI=1S/C21H25.C12H19.C6H10.Zr/c1-20(2,3)16-7-9-18-14(12-16)11-15-13-17(21(4,5)6)8-10-19(15)18;1-6-10-7-9(2)8-11(10)12(3,4)5;1-2-4-6-5-3-1;/h7-10,12H,11H2,1-6H3;8-9H,6H2,1-5H3;1-5H2;/q2*-1;;+2. The van der Waals surface area contributed by atoms with Crippen molar-refractivity contribution in [1.29, 1.82) is 0 Å². The summed E-state index contributed by atoms with van der Waals surface area (Å²) >= 11 is 1.69. The van der Waals surface area contributed by atoms with Gasteiger partial charge in [-0.1, -0.05) is 118 Å². The van der Waals surface area contributed by atoms with Crippen molar-refractivity contribution in [3.63, 3.8) is 0 Å². The second kappa shape index (κ2) is 13.3. The Bertz CT molecular complexity index is 1180. The fourth-order valence-corrected chi connectivity index (χ4v) is 6.62. The predicted molar refractivity (Wildman–Crippen MR) is 173 cm³/mol. The van der Waals surface area contributed by atoms with Gasteiger partial charge in [0.15, 0.2) is 0 Å². The minimum absolute atomic E-state index is 0.167.